The van der Waals surface area contributed by atoms with E-state index in [1.54, 1.807) is 30.5 Å². The highest BCUT2D eigenvalue weighted by Crippen LogP contribution is 2.47. The number of nitrogens with zero attached hydrogens (tertiary/aromatic N) is 4. The lowest BCUT2D eigenvalue weighted by molar-refractivity contribution is -0.0509. The minimum absolute atomic E-state index is 0.178. The van der Waals surface area contributed by atoms with Crippen molar-refractivity contribution in [3.8, 4) is 0 Å². The van der Waals surface area contributed by atoms with Crippen molar-refractivity contribution in [2.24, 2.45) is 11.8 Å². The van der Waals surface area contributed by atoms with Crippen molar-refractivity contribution in [2.75, 3.05) is 40.3 Å². The van der Waals surface area contributed by atoms with E-state index >= 15 is 0 Å². The highest BCUT2D eigenvalue weighted by Gasteiger charge is 2.49. The van der Waals surface area contributed by atoms with Crippen molar-refractivity contribution in [3.05, 3.63) is 141 Å². The van der Waals surface area contributed by atoms with E-state index in [9.17, 15) is 21.6 Å². The number of hydrogen-bond acceptors (Lipinski definition) is 7. The van der Waals surface area contributed by atoms with Crippen LogP contribution in [0.15, 0.2) is 85.7 Å². The lowest BCUT2D eigenvalue weighted by Gasteiger charge is -2.35. The largest absolute Gasteiger partial charge is 0.534 e. The lowest BCUT2D eigenvalue weighted by Crippen LogP contribution is -2.33. The van der Waals surface area contributed by atoms with E-state index < -0.39 is 21.4 Å². The summed E-state index contributed by atoms with van der Waals surface area (Å²) in [6, 6.07) is 19.3. The first-order valence-corrected chi connectivity index (χ1v) is 20.8. The quantitative estimate of drug-likeness (QED) is 0.147. The van der Waals surface area contributed by atoms with E-state index in [4.69, 9.17) is 16.6 Å². The van der Waals surface area contributed by atoms with Crippen molar-refractivity contribution < 1.29 is 25.8 Å². The molecule has 0 bridgehead atoms. The third-order valence-corrected chi connectivity index (χ3v) is 12.8. The Morgan fingerprint density at radius 3 is 1.84 bits per heavy atom. The standard InChI is InChI=1S/C23H26N2.C21H20ClF3N2O3S/c1-4-17-15-19-6-5-11-24-23(19)22(18-9-12-25(3)13-10-18)20-8-7-16(2)14-21(17)20;1-27-9-6-13(7-10-27)19-16-5-4-15(22)12-17(16)18(30-31(28,29)21(23,24)25)11-14-3-2-8-26-20(14)19/h4-8,11,14-15,18,22H,1,9-10,12-13H2,2-3H3;2-5,8,11-13,19H,6-7,9-10H2,1H3. The molecule has 2 saturated heterocycles. The molecular weight excluding hydrogens is 757 g/mol. The molecule has 0 spiro atoms. The molecule has 0 N–H and O–H groups in total. The number of allylic oxidation sites excluding steroid dienone is 2. The Kier molecular flexibility index (Phi) is 11.6. The summed E-state index contributed by atoms with van der Waals surface area (Å²) >= 11 is 6.14. The van der Waals surface area contributed by atoms with Crippen molar-refractivity contribution in [1.82, 2.24) is 19.8 Å². The molecule has 2 atom stereocenters. The molecule has 294 valence electrons. The predicted molar refractivity (Wildman–Crippen MR) is 217 cm³/mol. The number of fused-ring (bicyclic) bond motifs is 4. The SMILES string of the molecule is C=CC1=Cc2cccnc2C(C2CCN(C)CC2)c2ccc(C)cc21.CN1CCC(C2c3ccc(Cl)cc3C(OS(=O)(=O)C(F)(F)F)=Cc3cccnc32)CC1. The van der Waals surface area contributed by atoms with Crippen LogP contribution in [0.3, 0.4) is 0 Å². The van der Waals surface area contributed by atoms with E-state index in [0.29, 0.717) is 28.7 Å². The molecule has 7 nitrogen and oxygen atoms in total. The number of likely N-dealkylation sites (tertiary alicyclic amines) is 2. The molecule has 0 amide bonds. The first kappa shape index (κ1) is 39.9. The highest BCUT2D eigenvalue weighted by atomic mass is 35.5. The van der Waals surface area contributed by atoms with E-state index in [1.165, 1.54) is 71.6 Å². The first-order chi connectivity index (χ1) is 26.7. The number of halogens is 4. The number of rotatable bonds is 5. The van der Waals surface area contributed by atoms with Gasteiger partial charge in [-0.2, -0.15) is 21.6 Å². The van der Waals surface area contributed by atoms with Crippen molar-refractivity contribution >= 4 is 45.2 Å². The number of aromatic nitrogens is 2. The van der Waals surface area contributed by atoms with E-state index in [0.717, 1.165) is 25.9 Å². The molecule has 2 aliphatic carbocycles. The molecule has 12 heteroatoms. The molecule has 0 saturated carbocycles. The summed E-state index contributed by atoms with van der Waals surface area (Å²) in [4.78, 5) is 14.1. The number of piperidine rings is 2. The average Bonchev–Trinajstić information content (AvgIpc) is 3.39. The Hall–Kier alpha value is -4.29. The van der Waals surface area contributed by atoms with Crippen LogP contribution in [-0.4, -0.2) is 74.0 Å². The summed E-state index contributed by atoms with van der Waals surface area (Å²) in [5.41, 5.74) is 4.27. The van der Waals surface area contributed by atoms with Gasteiger partial charge in [-0.3, -0.25) is 9.97 Å². The fourth-order valence-corrected chi connectivity index (χ4v) is 9.31. The summed E-state index contributed by atoms with van der Waals surface area (Å²) in [6.45, 7) is 10.4. The molecular formula is C44H46ClF3N4O3S. The molecule has 56 heavy (non-hydrogen) atoms. The van der Waals surface area contributed by atoms with Gasteiger partial charge in [-0.15, -0.1) is 0 Å². The fourth-order valence-electron chi connectivity index (χ4n) is 8.67. The number of alkyl halides is 3. The Bertz CT molecular complexity index is 2280. The number of aryl methyl sites for hydroxylation is 1. The Labute approximate surface area is 332 Å². The van der Waals surface area contributed by atoms with Crippen LogP contribution in [-0.2, 0) is 14.3 Å². The van der Waals surface area contributed by atoms with Crippen LogP contribution in [0.4, 0.5) is 13.2 Å². The molecule has 4 heterocycles. The summed E-state index contributed by atoms with van der Waals surface area (Å²) < 4.78 is 67.4. The van der Waals surface area contributed by atoms with Gasteiger partial charge in [0.15, 0.2) is 5.76 Å². The van der Waals surface area contributed by atoms with Crippen molar-refractivity contribution in [3.63, 3.8) is 0 Å². The molecule has 2 aliphatic heterocycles. The highest BCUT2D eigenvalue weighted by molar-refractivity contribution is 7.87. The number of pyridine rings is 2. The smallest absolute Gasteiger partial charge is 0.375 e. The summed E-state index contributed by atoms with van der Waals surface area (Å²) in [6.07, 6.45) is 13.3. The van der Waals surface area contributed by atoms with Gasteiger partial charge < -0.3 is 14.0 Å². The van der Waals surface area contributed by atoms with Crippen LogP contribution >= 0.6 is 11.6 Å². The van der Waals surface area contributed by atoms with Crippen molar-refractivity contribution in [2.45, 2.75) is 50.0 Å². The molecule has 2 aromatic heterocycles. The van der Waals surface area contributed by atoms with Crippen LogP contribution in [0.25, 0.3) is 23.5 Å². The molecule has 8 rings (SSSR count). The monoisotopic (exact) mass is 802 g/mol. The van der Waals surface area contributed by atoms with E-state index in [1.807, 2.05) is 25.4 Å². The molecule has 2 unspecified atom stereocenters. The van der Waals surface area contributed by atoms with Gasteiger partial charge in [-0.1, -0.05) is 66.2 Å². The minimum atomic E-state index is -5.86. The average molecular weight is 803 g/mol. The van der Waals surface area contributed by atoms with Crippen LogP contribution in [0.1, 0.15) is 87.9 Å². The summed E-state index contributed by atoms with van der Waals surface area (Å²) in [5, 5.41) is 0.263. The minimum Gasteiger partial charge on any atom is -0.375 e. The molecule has 4 aliphatic rings. The second-order valence-electron chi connectivity index (χ2n) is 15.3. The third kappa shape index (κ3) is 8.23. The van der Waals surface area contributed by atoms with Gasteiger partial charge in [0.25, 0.3) is 0 Å². The first-order valence-electron chi connectivity index (χ1n) is 19.0. The van der Waals surface area contributed by atoms with E-state index in [-0.39, 0.29) is 22.4 Å². The zero-order valence-corrected chi connectivity index (χ0v) is 33.3. The maximum absolute atomic E-state index is 13.1. The summed E-state index contributed by atoms with van der Waals surface area (Å²) in [7, 11) is -1.59. The van der Waals surface area contributed by atoms with Gasteiger partial charge in [-0.05, 0) is 149 Å². The van der Waals surface area contributed by atoms with Crippen molar-refractivity contribution in [1.29, 1.82) is 0 Å². The molecule has 2 fully saturated rings. The fraction of sp³-hybridized carbons (Fsp3) is 0.364. The Balaban J connectivity index is 0.000000175. The predicted octanol–water partition coefficient (Wildman–Crippen LogP) is 9.79. The maximum Gasteiger partial charge on any atom is 0.534 e. The zero-order valence-electron chi connectivity index (χ0n) is 31.8. The Morgan fingerprint density at radius 1 is 0.786 bits per heavy atom. The number of benzene rings is 2. The second-order valence-corrected chi connectivity index (χ2v) is 17.3. The number of hydrogen-bond donors (Lipinski definition) is 0. The van der Waals surface area contributed by atoms with Gasteiger partial charge in [-0.25, -0.2) is 0 Å². The van der Waals surface area contributed by atoms with E-state index in [2.05, 4.69) is 69.9 Å². The molecule has 4 aromatic rings. The third-order valence-electron chi connectivity index (χ3n) is 11.6. The maximum atomic E-state index is 13.1. The normalized spacial score (nSPS) is 20.7. The second kappa shape index (κ2) is 16.3. The van der Waals surface area contributed by atoms with Crippen LogP contribution in [0.2, 0.25) is 5.02 Å². The van der Waals surface area contributed by atoms with Gasteiger partial charge >= 0.3 is 15.6 Å². The summed E-state index contributed by atoms with van der Waals surface area (Å²) in [5.74, 6) is 0.539. The van der Waals surface area contributed by atoms with Gasteiger partial charge in [0.2, 0.25) is 0 Å². The van der Waals surface area contributed by atoms with Gasteiger partial charge in [0.1, 0.15) is 0 Å². The Morgan fingerprint density at radius 2 is 1.30 bits per heavy atom. The van der Waals surface area contributed by atoms with Crippen LogP contribution in [0.5, 0.6) is 0 Å². The zero-order chi connectivity index (χ0) is 39.8. The van der Waals surface area contributed by atoms with Gasteiger partial charge in [0, 0.05) is 40.4 Å². The molecule has 0 radical (unpaired) electrons. The van der Waals surface area contributed by atoms with Crippen LogP contribution < -0.4 is 0 Å². The van der Waals surface area contributed by atoms with Gasteiger partial charge in [0.05, 0.1) is 11.4 Å². The van der Waals surface area contributed by atoms with Crippen LogP contribution in [0, 0.1) is 18.8 Å². The lowest BCUT2D eigenvalue weighted by atomic mass is 9.76. The topological polar surface area (TPSA) is 75.6 Å². The molecule has 2 aromatic carbocycles.